The van der Waals surface area contributed by atoms with Crippen LogP contribution in [0.4, 0.5) is 0 Å². The van der Waals surface area contributed by atoms with E-state index in [4.69, 9.17) is 4.42 Å². The van der Waals surface area contributed by atoms with Gasteiger partial charge >= 0.3 is 0 Å². The molecule has 0 atom stereocenters. The smallest absolute Gasteiger partial charge is 0.268 e. The van der Waals surface area contributed by atoms with Crippen molar-refractivity contribution in [2.45, 2.75) is 57.8 Å². The molecule has 3 N–H and O–H groups in total. The van der Waals surface area contributed by atoms with Gasteiger partial charge in [-0.05, 0) is 61.6 Å². The van der Waals surface area contributed by atoms with Crippen LogP contribution in [0.5, 0.6) is 11.5 Å². The van der Waals surface area contributed by atoms with E-state index in [0.717, 1.165) is 18.4 Å². The molecule has 0 saturated carbocycles. The highest BCUT2D eigenvalue weighted by Gasteiger charge is 2.30. The third-order valence-corrected chi connectivity index (χ3v) is 7.19. The van der Waals surface area contributed by atoms with Gasteiger partial charge in [-0.2, -0.15) is 0 Å². The first kappa shape index (κ1) is 26.1. The second-order valence-electron chi connectivity index (χ2n) is 8.68. The lowest BCUT2D eigenvalue weighted by molar-refractivity contribution is -0.118. The monoisotopic (exact) mass is 497 g/mol. The number of aromatic hydroxyl groups is 2. The van der Waals surface area contributed by atoms with Crippen molar-refractivity contribution < 1.29 is 27.8 Å². The van der Waals surface area contributed by atoms with E-state index in [-0.39, 0.29) is 23.3 Å². The minimum absolute atomic E-state index is 0.0233. The van der Waals surface area contributed by atoms with Gasteiger partial charge in [0.05, 0.1) is 18.2 Å². The molecule has 186 valence electrons. The van der Waals surface area contributed by atoms with Crippen LogP contribution >= 0.6 is 0 Å². The summed E-state index contributed by atoms with van der Waals surface area (Å²) in [5.41, 5.74) is 2.86. The fourth-order valence-corrected chi connectivity index (χ4v) is 5.39. The molecule has 3 rings (SSSR count). The number of allylic oxidation sites excluding steroid dienone is 1. The van der Waals surface area contributed by atoms with Gasteiger partial charge in [-0.15, -0.1) is 0 Å². The van der Waals surface area contributed by atoms with Crippen LogP contribution in [0.1, 0.15) is 55.6 Å². The Morgan fingerprint density at radius 2 is 1.89 bits per heavy atom. The summed E-state index contributed by atoms with van der Waals surface area (Å²) in [5, 5.41) is 22.3. The summed E-state index contributed by atoms with van der Waals surface area (Å²) in [5.74, 6) is -1.35. The number of sulfonamides is 1. The average Bonchev–Trinajstić information content (AvgIpc) is 3.25. The minimum Gasteiger partial charge on any atom is -0.507 e. The zero-order chi connectivity index (χ0) is 25.8. The Kier molecular flexibility index (Phi) is 8.07. The van der Waals surface area contributed by atoms with Gasteiger partial charge in [-0.25, -0.2) is 13.1 Å². The molecule has 1 heterocycles. The van der Waals surface area contributed by atoms with Crippen molar-refractivity contribution in [1.29, 1.82) is 0 Å². The summed E-state index contributed by atoms with van der Waals surface area (Å²) in [7, 11) is -4.48. The minimum atomic E-state index is -4.48. The van der Waals surface area contributed by atoms with Crippen LogP contribution in [-0.2, 0) is 27.7 Å². The fourth-order valence-electron chi connectivity index (χ4n) is 4.05. The number of carbonyl (C=O) groups is 1. The molecule has 0 bridgehead atoms. The normalized spacial score (nSPS) is 11.4. The van der Waals surface area contributed by atoms with Gasteiger partial charge in [0.25, 0.3) is 10.0 Å². The van der Waals surface area contributed by atoms with Crippen LogP contribution in [0.3, 0.4) is 0 Å². The van der Waals surface area contributed by atoms with Crippen molar-refractivity contribution in [1.82, 2.24) is 4.72 Å². The predicted molar refractivity (Wildman–Crippen MR) is 136 cm³/mol. The highest BCUT2D eigenvalue weighted by Crippen LogP contribution is 2.46. The molecule has 1 aromatic heterocycles. The van der Waals surface area contributed by atoms with Crippen molar-refractivity contribution in [3.05, 3.63) is 71.7 Å². The van der Waals surface area contributed by atoms with E-state index in [1.165, 1.54) is 12.3 Å². The molecule has 0 aliphatic rings. The van der Waals surface area contributed by atoms with Gasteiger partial charge < -0.3 is 14.6 Å². The molecule has 7 nitrogen and oxygen atoms in total. The van der Waals surface area contributed by atoms with Crippen molar-refractivity contribution in [2.24, 2.45) is 0 Å². The number of rotatable bonds is 10. The Balaban J connectivity index is 2.17. The molecule has 1 amide bonds. The van der Waals surface area contributed by atoms with Crippen LogP contribution in [0.2, 0.25) is 0 Å². The summed E-state index contributed by atoms with van der Waals surface area (Å²) >= 11 is 0. The van der Waals surface area contributed by atoms with E-state index in [0.29, 0.717) is 35.3 Å². The summed E-state index contributed by atoms with van der Waals surface area (Å²) in [6, 6.07) is 9.95. The number of furan rings is 1. The Morgan fingerprint density at radius 1 is 1.14 bits per heavy atom. The second kappa shape index (κ2) is 10.8. The first-order valence-electron chi connectivity index (χ1n) is 11.5. The number of amides is 1. The molecule has 0 aliphatic heterocycles. The molecule has 0 unspecified atom stereocenters. The van der Waals surface area contributed by atoms with Crippen molar-refractivity contribution in [2.75, 3.05) is 0 Å². The zero-order valence-electron chi connectivity index (χ0n) is 20.2. The number of phenolic OH excluding ortho intramolecular Hbond substituents is 2. The van der Waals surface area contributed by atoms with Gasteiger partial charge in [-0.1, -0.05) is 55.7 Å². The maximum Gasteiger partial charge on any atom is 0.268 e. The number of carbonyl (C=O) groups excluding carboxylic acids is 1. The molecule has 3 aromatic rings. The number of hydrogen-bond donors (Lipinski definition) is 3. The number of hydrogen-bond acceptors (Lipinski definition) is 6. The van der Waals surface area contributed by atoms with Crippen molar-refractivity contribution in [3.8, 4) is 22.6 Å². The van der Waals surface area contributed by atoms with E-state index >= 15 is 0 Å². The lowest BCUT2D eigenvalue weighted by Crippen LogP contribution is -2.32. The maximum atomic E-state index is 13.4. The van der Waals surface area contributed by atoms with E-state index in [1.54, 1.807) is 31.2 Å². The summed E-state index contributed by atoms with van der Waals surface area (Å²) < 4.78 is 34.0. The van der Waals surface area contributed by atoms with Crippen LogP contribution in [-0.4, -0.2) is 24.5 Å². The van der Waals surface area contributed by atoms with E-state index in [1.807, 2.05) is 24.6 Å². The largest absolute Gasteiger partial charge is 0.507 e. The third-order valence-electron chi connectivity index (χ3n) is 5.70. The number of phenols is 2. The van der Waals surface area contributed by atoms with E-state index in [2.05, 4.69) is 6.58 Å². The third kappa shape index (κ3) is 5.95. The fraction of sp³-hybridized carbons (Fsp3) is 0.296. The van der Waals surface area contributed by atoms with Gasteiger partial charge in [0.2, 0.25) is 5.91 Å². The van der Waals surface area contributed by atoms with Crippen molar-refractivity contribution in [3.63, 3.8) is 0 Å². The standard InChI is InChI=1S/C27H31NO6S/c1-5-6-7-9-19-15-23(29)25(22-14-18(4)11-12-21(22)17(2)3)26(31)27(19)35(32,33)28-24(30)16-20-10-8-13-34-20/h8,10-15,29,31H,2,5-7,9,16H2,1,3-4H3,(H,28,30). The second-order valence-corrected chi connectivity index (χ2v) is 10.3. The van der Waals surface area contributed by atoms with Crippen molar-refractivity contribution >= 4 is 21.5 Å². The van der Waals surface area contributed by atoms with E-state index in [9.17, 15) is 23.4 Å². The average molecular weight is 498 g/mol. The van der Waals surface area contributed by atoms with Crippen LogP contribution in [0.25, 0.3) is 16.7 Å². The molecule has 35 heavy (non-hydrogen) atoms. The van der Waals surface area contributed by atoms with Gasteiger partial charge in [0.1, 0.15) is 22.2 Å². The molecule has 2 aromatic carbocycles. The highest BCUT2D eigenvalue weighted by atomic mass is 32.2. The first-order valence-corrected chi connectivity index (χ1v) is 13.0. The zero-order valence-corrected chi connectivity index (χ0v) is 21.0. The molecule has 0 spiro atoms. The van der Waals surface area contributed by atoms with E-state index < -0.39 is 26.6 Å². The van der Waals surface area contributed by atoms with Crippen LogP contribution in [0.15, 0.2) is 58.6 Å². The topological polar surface area (TPSA) is 117 Å². The van der Waals surface area contributed by atoms with Gasteiger partial charge in [0, 0.05) is 0 Å². The molecule has 0 fully saturated rings. The Morgan fingerprint density at radius 3 is 2.51 bits per heavy atom. The summed E-state index contributed by atoms with van der Waals surface area (Å²) in [4.78, 5) is 12.1. The number of aryl methyl sites for hydroxylation is 2. The molecular formula is C27H31NO6S. The Labute approximate surface area is 206 Å². The SMILES string of the molecule is C=C(C)c1ccc(C)cc1-c1c(O)cc(CCCCC)c(S(=O)(=O)NC(=O)Cc2ccco2)c1O. The number of unbranched alkanes of at least 4 members (excludes halogenated alkanes) is 2. The lowest BCUT2D eigenvalue weighted by atomic mass is 9.91. The lowest BCUT2D eigenvalue weighted by Gasteiger charge is -2.19. The summed E-state index contributed by atoms with van der Waals surface area (Å²) in [6.45, 7) is 9.62. The van der Waals surface area contributed by atoms with Crippen LogP contribution in [0, 0.1) is 6.92 Å². The van der Waals surface area contributed by atoms with Gasteiger partial charge in [-0.3, -0.25) is 4.79 Å². The molecular weight excluding hydrogens is 466 g/mol. The quantitative estimate of drug-likeness (QED) is 0.319. The Hall–Kier alpha value is -3.52. The molecule has 0 saturated heterocycles. The highest BCUT2D eigenvalue weighted by molar-refractivity contribution is 7.90. The molecule has 8 heteroatoms. The number of benzene rings is 2. The summed E-state index contributed by atoms with van der Waals surface area (Å²) in [6.07, 6.45) is 3.81. The van der Waals surface area contributed by atoms with Gasteiger partial charge in [0.15, 0.2) is 0 Å². The predicted octanol–water partition coefficient (Wildman–Crippen LogP) is 5.48. The maximum absolute atomic E-state index is 13.4. The first-order chi connectivity index (χ1) is 16.5. The molecule has 0 radical (unpaired) electrons. The number of nitrogens with one attached hydrogen (secondary N) is 1. The Bertz CT molecular complexity index is 1340. The molecule has 0 aliphatic carbocycles. The van der Waals surface area contributed by atoms with Crippen LogP contribution < -0.4 is 4.72 Å².